The molecule has 1 rings (SSSR count). The SMILES string of the molecule is CCCCc1ccc([Si](C)C)cc1. The zero-order valence-electron chi connectivity index (χ0n) is 8.93. The van der Waals surface area contributed by atoms with Gasteiger partial charge in [-0.25, -0.2) is 0 Å². The molecule has 0 heterocycles. The van der Waals surface area contributed by atoms with Gasteiger partial charge in [-0.05, 0) is 18.4 Å². The second kappa shape index (κ2) is 5.23. The van der Waals surface area contributed by atoms with Crippen molar-refractivity contribution in [3.8, 4) is 0 Å². The third kappa shape index (κ3) is 3.35. The Morgan fingerprint density at radius 2 is 1.69 bits per heavy atom. The quantitative estimate of drug-likeness (QED) is 0.642. The summed E-state index contributed by atoms with van der Waals surface area (Å²) in [6.45, 7) is 6.92. The first kappa shape index (κ1) is 10.5. The second-order valence-electron chi connectivity index (χ2n) is 3.80. The minimum Gasteiger partial charge on any atom is -0.0671 e. The van der Waals surface area contributed by atoms with Gasteiger partial charge in [-0.3, -0.25) is 0 Å². The van der Waals surface area contributed by atoms with E-state index in [9.17, 15) is 0 Å². The molecule has 71 valence electrons. The average Bonchev–Trinajstić information content (AvgIpc) is 2.15. The van der Waals surface area contributed by atoms with Crippen LogP contribution in [0.4, 0.5) is 0 Å². The van der Waals surface area contributed by atoms with Crippen LogP contribution in [0.1, 0.15) is 25.3 Å². The summed E-state index contributed by atoms with van der Waals surface area (Å²) < 4.78 is 0. The topological polar surface area (TPSA) is 0 Å². The molecule has 1 heteroatoms. The van der Waals surface area contributed by atoms with Crippen LogP contribution in [0.25, 0.3) is 0 Å². The van der Waals surface area contributed by atoms with Crippen LogP contribution in [0, 0.1) is 0 Å². The van der Waals surface area contributed by atoms with Crippen molar-refractivity contribution >= 4 is 14.0 Å². The molecule has 0 N–H and O–H groups in total. The lowest BCUT2D eigenvalue weighted by atomic mass is 10.1. The Kier molecular flexibility index (Phi) is 4.23. The molecule has 0 spiro atoms. The molecule has 1 aromatic carbocycles. The Morgan fingerprint density at radius 1 is 1.08 bits per heavy atom. The first-order chi connectivity index (χ1) is 6.24. The highest BCUT2D eigenvalue weighted by Crippen LogP contribution is 2.03. The smallest absolute Gasteiger partial charge is 0.0671 e. The molecule has 1 radical (unpaired) electrons. The van der Waals surface area contributed by atoms with E-state index < -0.39 is 0 Å². The van der Waals surface area contributed by atoms with E-state index in [2.05, 4.69) is 44.3 Å². The molecular formula is C12H19Si. The van der Waals surface area contributed by atoms with Crippen molar-refractivity contribution in [2.45, 2.75) is 39.3 Å². The highest BCUT2D eigenvalue weighted by Gasteiger charge is 1.99. The van der Waals surface area contributed by atoms with Crippen LogP contribution in [0.15, 0.2) is 24.3 Å². The van der Waals surface area contributed by atoms with Gasteiger partial charge in [-0.15, -0.1) is 0 Å². The van der Waals surface area contributed by atoms with Gasteiger partial charge in [-0.1, -0.05) is 55.9 Å². The van der Waals surface area contributed by atoms with Crippen molar-refractivity contribution in [1.29, 1.82) is 0 Å². The predicted octanol–water partition coefficient (Wildman–Crippen LogP) is 2.99. The van der Waals surface area contributed by atoms with Gasteiger partial charge < -0.3 is 0 Å². The molecule has 0 aromatic heterocycles. The average molecular weight is 191 g/mol. The number of hydrogen-bond acceptors (Lipinski definition) is 0. The summed E-state index contributed by atoms with van der Waals surface area (Å²) in [5.74, 6) is 0. The maximum atomic E-state index is 2.34. The van der Waals surface area contributed by atoms with Crippen LogP contribution >= 0.6 is 0 Å². The number of hydrogen-bond donors (Lipinski definition) is 0. The third-order valence-electron chi connectivity index (χ3n) is 2.35. The molecule has 1 aromatic rings. The molecule has 13 heavy (non-hydrogen) atoms. The zero-order chi connectivity index (χ0) is 9.68. The molecule has 0 atom stereocenters. The lowest BCUT2D eigenvalue weighted by molar-refractivity contribution is 0.795. The minimum absolute atomic E-state index is 0.249. The van der Waals surface area contributed by atoms with Crippen molar-refractivity contribution in [3.63, 3.8) is 0 Å². The predicted molar refractivity (Wildman–Crippen MR) is 62.2 cm³/mol. The van der Waals surface area contributed by atoms with E-state index in [4.69, 9.17) is 0 Å². The summed E-state index contributed by atoms with van der Waals surface area (Å²) in [7, 11) is -0.249. The number of rotatable bonds is 4. The van der Waals surface area contributed by atoms with Crippen LogP contribution in [0.3, 0.4) is 0 Å². The van der Waals surface area contributed by atoms with Crippen LogP contribution in [0.2, 0.25) is 13.1 Å². The van der Waals surface area contributed by atoms with Crippen molar-refractivity contribution < 1.29 is 0 Å². The fourth-order valence-corrected chi connectivity index (χ4v) is 2.22. The first-order valence-electron chi connectivity index (χ1n) is 5.13. The fourth-order valence-electron chi connectivity index (χ4n) is 1.39. The Hall–Kier alpha value is -0.563. The van der Waals surface area contributed by atoms with E-state index >= 15 is 0 Å². The molecule has 0 aliphatic rings. The Balaban J connectivity index is 2.59. The van der Waals surface area contributed by atoms with E-state index in [1.165, 1.54) is 24.8 Å². The Morgan fingerprint density at radius 3 is 2.15 bits per heavy atom. The summed E-state index contributed by atoms with van der Waals surface area (Å²) in [5.41, 5.74) is 1.49. The Labute approximate surface area is 83.6 Å². The van der Waals surface area contributed by atoms with Gasteiger partial charge in [0.25, 0.3) is 0 Å². The van der Waals surface area contributed by atoms with Gasteiger partial charge >= 0.3 is 0 Å². The van der Waals surface area contributed by atoms with E-state index in [0.29, 0.717) is 0 Å². The lowest BCUT2D eigenvalue weighted by Gasteiger charge is -2.04. The maximum Gasteiger partial charge on any atom is 0.0791 e. The largest absolute Gasteiger partial charge is 0.0791 e. The number of unbranched alkanes of at least 4 members (excludes halogenated alkanes) is 1. The zero-order valence-corrected chi connectivity index (χ0v) is 9.93. The second-order valence-corrected chi connectivity index (χ2v) is 6.38. The van der Waals surface area contributed by atoms with Gasteiger partial charge in [0, 0.05) is 0 Å². The molecule has 0 fully saturated rings. The molecule has 0 unspecified atom stereocenters. The highest BCUT2D eigenvalue weighted by molar-refractivity contribution is 6.70. The maximum absolute atomic E-state index is 2.34. The normalized spacial score (nSPS) is 10.8. The summed E-state index contributed by atoms with van der Waals surface area (Å²) in [6.07, 6.45) is 3.85. The summed E-state index contributed by atoms with van der Waals surface area (Å²) >= 11 is 0. The van der Waals surface area contributed by atoms with E-state index in [1.807, 2.05) is 0 Å². The number of benzene rings is 1. The van der Waals surface area contributed by atoms with Gasteiger partial charge in [0.15, 0.2) is 0 Å². The molecule has 0 aliphatic carbocycles. The van der Waals surface area contributed by atoms with E-state index in [1.54, 1.807) is 5.19 Å². The fraction of sp³-hybridized carbons (Fsp3) is 0.500. The molecule has 0 saturated heterocycles. The van der Waals surface area contributed by atoms with Gasteiger partial charge in [0.1, 0.15) is 0 Å². The minimum atomic E-state index is -0.249. The Bertz CT molecular complexity index is 236. The van der Waals surface area contributed by atoms with Crippen molar-refractivity contribution in [3.05, 3.63) is 29.8 Å². The van der Waals surface area contributed by atoms with Crippen molar-refractivity contribution in [1.82, 2.24) is 0 Å². The first-order valence-corrected chi connectivity index (χ1v) is 7.63. The van der Waals surface area contributed by atoms with Crippen LogP contribution in [0.5, 0.6) is 0 Å². The number of aryl methyl sites for hydroxylation is 1. The monoisotopic (exact) mass is 191 g/mol. The van der Waals surface area contributed by atoms with Crippen LogP contribution in [-0.2, 0) is 6.42 Å². The highest BCUT2D eigenvalue weighted by atomic mass is 28.3. The van der Waals surface area contributed by atoms with Gasteiger partial charge in [0.05, 0.1) is 8.80 Å². The molecule has 0 amide bonds. The van der Waals surface area contributed by atoms with Crippen molar-refractivity contribution in [2.75, 3.05) is 0 Å². The molecule has 0 saturated carbocycles. The summed E-state index contributed by atoms with van der Waals surface area (Å²) in [4.78, 5) is 0. The molecule has 0 aliphatic heterocycles. The lowest BCUT2D eigenvalue weighted by Crippen LogP contribution is -2.21. The van der Waals surface area contributed by atoms with Crippen molar-refractivity contribution in [2.24, 2.45) is 0 Å². The molecule has 0 nitrogen and oxygen atoms in total. The van der Waals surface area contributed by atoms with Crippen LogP contribution < -0.4 is 5.19 Å². The standard InChI is InChI=1S/C12H19Si/c1-4-5-6-11-7-9-12(10-8-11)13(2)3/h7-10H,4-6H2,1-3H3. The third-order valence-corrected chi connectivity index (χ3v) is 3.84. The van der Waals surface area contributed by atoms with Crippen LogP contribution in [-0.4, -0.2) is 8.80 Å². The molecule has 0 bridgehead atoms. The molecular weight excluding hydrogens is 172 g/mol. The van der Waals surface area contributed by atoms with Gasteiger partial charge in [-0.2, -0.15) is 0 Å². The van der Waals surface area contributed by atoms with Gasteiger partial charge in [0.2, 0.25) is 0 Å². The summed E-state index contributed by atoms with van der Waals surface area (Å²) in [6, 6.07) is 9.20. The summed E-state index contributed by atoms with van der Waals surface area (Å²) in [5, 5.41) is 1.55. The van der Waals surface area contributed by atoms with E-state index in [0.717, 1.165) is 0 Å². The van der Waals surface area contributed by atoms with E-state index in [-0.39, 0.29) is 8.80 Å².